The van der Waals surface area contributed by atoms with Gasteiger partial charge in [-0.3, -0.25) is 0 Å². The maximum Gasteiger partial charge on any atom is 0.0693 e. The zero-order valence-corrected chi connectivity index (χ0v) is 11.1. The molecule has 1 saturated heterocycles. The number of allylic oxidation sites excluding steroid dienone is 1. The smallest absolute Gasteiger partial charge is 0.0693 e. The second-order valence-electron chi connectivity index (χ2n) is 5.26. The van der Waals surface area contributed by atoms with Crippen LogP contribution in [0.15, 0.2) is 49.3 Å². The Morgan fingerprint density at radius 3 is 2.74 bits per heavy atom. The third-order valence-corrected chi connectivity index (χ3v) is 4.03. The van der Waals surface area contributed by atoms with Crippen molar-refractivity contribution in [2.75, 3.05) is 5.73 Å². The summed E-state index contributed by atoms with van der Waals surface area (Å²) in [6, 6.07) is 6.29. The molecule has 3 nitrogen and oxygen atoms in total. The van der Waals surface area contributed by atoms with Gasteiger partial charge in [0.05, 0.1) is 6.04 Å². The molecule has 3 heteroatoms. The molecule has 19 heavy (non-hydrogen) atoms. The SMILES string of the molecule is C=C1CCC(N2Cc3c(N)cccc3C2=C)C(=C)N1. The largest absolute Gasteiger partial charge is 0.398 e. The highest BCUT2D eigenvalue weighted by Crippen LogP contribution is 2.39. The summed E-state index contributed by atoms with van der Waals surface area (Å²) >= 11 is 0. The van der Waals surface area contributed by atoms with Crippen LogP contribution in [0, 0.1) is 0 Å². The van der Waals surface area contributed by atoms with Crippen LogP contribution < -0.4 is 11.1 Å². The van der Waals surface area contributed by atoms with Crippen molar-refractivity contribution in [2.24, 2.45) is 0 Å². The number of nitrogens with two attached hydrogens (primary N) is 1. The quantitative estimate of drug-likeness (QED) is 0.756. The molecule has 98 valence electrons. The third kappa shape index (κ3) is 1.82. The van der Waals surface area contributed by atoms with Gasteiger partial charge in [0.15, 0.2) is 0 Å². The van der Waals surface area contributed by atoms with Gasteiger partial charge in [-0.05, 0) is 18.9 Å². The van der Waals surface area contributed by atoms with E-state index >= 15 is 0 Å². The average Bonchev–Trinajstić information content (AvgIpc) is 2.69. The van der Waals surface area contributed by atoms with Crippen LogP contribution in [0.2, 0.25) is 0 Å². The van der Waals surface area contributed by atoms with Gasteiger partial charge in [-0.1, -0.05) is 31.9 Å². The Bertz CT molecular complexity index is 586. The van der Waals surface area contributed by atoms with Crippen molar-refractivity contribution in [3.63, 3.8) is 0 Å². The summed E-state index contributed by atoms with van der Waals surface area (Å²) in [5, 5.41) is 3.27. The lowest BCUT2D eigenvalue weighted by atomic mass is 10.0. The molecule has 0 bridgehead atoms. The van der Waals surface area contributed by atoms with Gasteiger partial charge in [-0.15, -0.1) is 0 Å². The van der Waals surface area contributed by atoms with E-state index < -0.39 is 0 Å². The summed E-state index contributed by atoms with van der Waals surface area (Å²) in [5.74, 6) is 0. The summed E-state index contributed by atoms with van der Waals surface area (Å²) in [4.78, 5) is 2.29. The number of nitrogens with zero attached hydrogens (tertiary/aromatic N) is 1. The number of nitrogen functional groups attached to an aromatic ring is 1. The minimum absolute atomic E-state index is 0.268. The van der Waals surface area contributed by atoms with Gasteiger partial charge in [-0.2, -0.15) is 0 Å². The minimum atomic E-state index is 0.268. The second-order valence-corrected chi connectivity index (χ2v) is 5.26. The standard InChI is InChI=1S/C16H19N3/c1-10-7-8-16(11(2)18-10)19-9-14-13(12(19)3)5-4-6-15(14)17/h4-6,16,18H,1-3,7-9,17H2. The van der Waals surface area contributed by atoms with E-state index in [4.69, 9.17) is 5.73 Å². The molecule has 1 aromatic carbocycles. The van der Waals surface area contributed by atoms with E-state index in [1.807, 2.05) is 12.1 Å². The molecule has 0 saturated carbocycles. The van der Waals surface area contributed by atoms with E-state index in [0.717, 1.165) is 47.7 Å². The van der Waals surface area contributed by atoms with Crippen molar-refractivity contribution in [1.29, 1.82) is 0 Å². The van der Waals surface area contributed by atoms with Crippen LogP contribution in [-0.2, 0) is 6.54 Å². The zero-order chi connectivity index (χ0) is 13.6. The van der Waals surface area contributed by atoms with Crippen LogP contribution >= 0.6 is 0 Å². The first-order chi connectivity index (χ1) is 9.08. The van der Waals surface area contributed by atoms with Crippen LogP contribution in [0.25, 0.3) is 5.70 Å². The zero-order valence-electron chi connectivity index (χ0n) is 11.1. The fourth-order valence-corrected chi connectivity index (χ4v) is 2.97. The Morgan fingerprint density at radius 2 is 2.05 bits per heavy atom. The second kappa shape index (κ2) is 4.19. The Hall–Kier alpha value is -2.16. The molecule has 0 aromatic heterocycles. The van der Waals surface area contributed by atoms with Crippen molar-refractivity contribution >= 4 is 11.4 Å². The summed E-state index contributed by atoms with van der Waals surface area (Å²) < 4.78 is 0. The summed E-state index contributed by atoms with van der Waals surface area (Å²) in [5.41, 5.74) is 12.4. The molecule has 1 fully saturated rings. The lowest BCUT2D eigenvalue weighted by molar-refractivity contribution is 0.297. The normalized spacial score (nSPS) is 22.4. The van der Waals surface area contributed by atoms with Gasteiger partial charge in [-0.25, -0.2) is 0 Å². The number of hydrogen-bond acceptors (Lipinski definition) is 3. The maximum absolute atomic E-state index is 6.06. The Labute approximate surface area is 114 Å². The van der Waals surface area contributed by atoms with Crippen LogP contribution in [0.5, 0.6) is 0 Å². The van der Waals surface area contributed by atoms with E-state index in [1.54, 1.807) is 0 Å². The first kappa shape index (κ1) is 11.9. The van der Waals surface area contributed by atoms with Gasteiger partial charge in [0.25, 0.3) is 0 Å². The van der Waals surface area contributed by atoms with Crippen LogP contribution in [0.3, 0.4) is 0 Å². The van der Waals surface area contributed by atoms with Gasteiger partial charge in [0.2, 0.25) is 0 Å². The Morgan fingerprint density at radius 1 is 1.26 bits per heavy atom. The number of hydrogen-bond donors (Lipinski definition) is 2. The molecule has 1 unspecified atom stereocenters. The monoisotopic (exact) mass is 253 g/mol. The molecule has 3 N–H and O–H groups in total. The molecule has 3 rings (SSSR count). The lowest BCUT2D eigenvalue weighted by Crippen LogP contribution is -2.39. The van der Waals surface area contributed by atoms with E-state index in [-0.39, 0.29) is 6.04 Å². The predicted molar refractivity (Wildman–Crippen MR) is 79.9 cm³/mol. The predicted octanol–water partition coefficient (Wildman–Crippen LogP) is 2.83. The van der Waals surface area contributed by atoms with Gasteiger partial charge >= 0.3 is 0 Å². The third-order valence-electron chi connectivity index (χ3n) is 4.03. The highest BCUT2D eigenvalue weighted by Gasteiger charge is 2.32. The van der Waals surface area contributed by atoms with Crippen LogP contribution in [-0.4, -0.2) is 10.9 Å². The number of fused-ring (bicyclic) bond motifs is 1. The van der Waals surface area contributed by atoms with Gasteiger partial charge in [0.1, 0.15) is 0 Å². The Kier molecular flexibility index (Phi) is 2.63. The molecule has 0 radical (unpaired) electrons. The van der Waals surface area contributed by atoms with Gasteiger partial charge < -0.3 is 16.0 Å². The lowest BCUT2D eigenvalue weighted by Gasteiger charge is -2.36. The fourth-order valence-electron chi connectivity index (χ4n) is 2.97. The molecule has 0 amide bonds. The van der Waals surface area contributed by atoms with Gasteiger partial charge in [0, 0.05) is 40.5 Å². The van der Waals surface area contributed by atoms with Crippen LogP contribution in [0.4, 0.5) is 5.69 Å². The molecule has 1 atom stereocenters. The maximum atomic E-state index is 6.06. The molecule has 2 heterocycles. The molecular weight excluding hydrogens is 234 g/mol. The number of piperidine rings is 1. The van der Waals surface area contributed by atoms with Crippen molar-refractivity contribution in [1.82, 2.24) is 10.2 Å². The molecule has 0 spiro atoms. The van der Waals surface area contributed by atoms with E-state index in [0.29, 0.717) is 0 Å². The van der Waals surface area contributed by atoms with Crippen LogP contribution in [0.1, 0.15) is 24.0 Å². The number of rotatable bonds is 1. The van der Waals surface area contributed by atoms with E-state index in [1.165, 1.54) is 5.56 Å². The van der Waals surface area contributed by atoms with Crippen molar-refractivity contribution in [3.05, 3.63) is 60.5 Å². The summed E-state index contributed by atoms with van der Waals surface area (Å²) in [6.07, 6.45) is 2.00. The van der Waals surface area contributed by atoms with E-state index in [2.05, 4.69) is 36.0 Å². The van der Waals surface area contributed by atoms with Crippen molar-refractivity contribution in [2.45, 2.75) is 25.4 Å². The first-order valence-electron chi connectivity index (χ1n) is 6.55. The summed E-state index contributed by atoms with van der Waals surface area (Å²) in [6.45, 7) is 13.1. The average molecular weight is 253 g/mol. The number of nitrogens with one attached hydrogen (secondary N) is 1. The fraction of sp³-hybridized carbons (Fsp3) is 0.250. The molecule has 1 aromatic rings. The Balaban J connectivity index is 1.90. The van der Waals surface area contributed by atoms with Crippen molar-refractivity contribution in [3.8, 4) is 0 Å². The van der Waals surface area contributed by atoms with E-state index in [9.17, 15) is 0 Å². The summed E-state index contributed by atoms with van der Waals surface area (Å²) in [7, 11) is 0. The minimum Gasteiger partial charge on any atom is -0.398 e. The molecule has 0 aliphatic carbocycles. The highest BCUT2D eigenvalue weighted by atomic mass is 15.2. The highest BCUT2D eigenvalue weighted by molar-refractivity contribution is 5.74. The number of benzene rings is 1. The number of anilines is 1. The molecule has 2 aliphatic heterocycles. The topological polar surface area (TPSA) is 41.3 Å². The molecule has 2 aliphatic rings. The first-order valence-corrected chi connectivity index (χ1v) is 6.55. The molecular formula is C16H19N3. The van der Waals surface area contributed by atoms with Crippen molar-refractivity contribution < 1.29 is 0 Å².